The van der Waals surface area contributed by atoms with E-state index in [1.165, 1.54) is 0 Å². The lowest BCUT2D eigenvalue weighted by Crippen LogP contribution is -2.13. The smallest absolute Gasteiger partial charge is 0.256 e. The molecule has 150 valence electrons. The molecule has 0 radical (unpaired) electrons. The summed E-state index contributed by atoms with van der Waals surface area (Å²) >= 11 is 0. The van der Waals surface area contributed by atoms with Crippen molar-refractivity contribution in [3.63, 3.8) is 0 Å². The lowest BCUT2D eigenvalue weighted by molar-refractivity contribution is 0.102. The Hall–Kier alpha value is -3.48. The van der Waals surface area contributed by atoms with Gasteiger partial charge in [-0.3, -0.25) is 9.89 Å². The Morgan fingerprint density at radius 2 is 1.72 bits per heavy atom. The van der Waals surface area contributed by atoms with Gasteiger partial charge in [0, 0.05) is 23.1 Å². The minimum atomic E-state index is -0.262. The Morgan fingerprint density at radius 1 is 1.03 bits per heavy atom. The van der Waals surface area contributed by atoms with E-state index in [0.717, 1.165) is 24.1 Å². The number of para-hydroxylation sites is 1. The van der Waals surface area contributed by atoms with Crippen molar-refractivity contribution in [2.45, 2.75) is 18.8 Å². The van der Waals surface area contributed by atoms with Crippen molar-refractivity contribution < 1.29 is 19.0 Å². The number of H-pyrrole nitrogens is 1. The minimum absolute atomic E-state index is 0.262. The largest absolute Gasteiger partial charge is 0.497 e. The Bertz CT molecular complexity index is 1020. The third-order valence-corrected chi connectivity index (χ3v) is 4.99. The topological polar surface area (TPSA) is 85.5 Å². The summed E-state index contributed by atoms with van der Waals surface area (Å²) in [5.74, 6) is 1.91. The second-order valence-corrected chi connectivity index (χ2v) is 6.89. The molecule has 3 aromatic rings. The van der Waals surface area contributed by atoms with E-state index in [1.54, 1.807) is 39.5 Å². The van der Waals surface area contributed by atoms with Crippen molar-refractivity contribution >= 4 is 11.6 Å². The average Bonchev–Trinajstić information content (AvgIpc) is 3.53. The van der Waals surface area contributed by atoms with E-state index in [-0.39, 0.29) is 5.91 Å². The molecule has 1 aliphatic carbocycles. The van der Waals surface area contributed by atoms with Crippen molar-refractivity contribution in [2.24, 2.45) is 0 Å². The molecule has 0 saturated heterocycles. The van der Waals surface area contributed by atoms with Gasteiger partial charge in [-0.05, 0) is 37.1 Å². The van der Waals surface area contributed by atoms with Gasteiger partial charge in [-0.15, -0.1) is 0 Å². The molecule has 2 aromatic carbocycles. The van der Waals surface area contributed by atoms with E-state index in [1.807, 2.05) is 24.3 Å². The lowest BCUT2D eigenvalue weighted by Gasteiger charge is -2.12. The Morgan fingerprint density at radius 3 is 2.34 bits per heavy atom. The number of nitrogens with one attached hydrogen (secondary N) is 2. The number of anilines is 1. The normalized spacial score (nSPS) is 13.1. The molecular formula is C22H23N3O4. The number of rotatable bonds is 7. The van der Waals surface area contributed by atoms with E-state index in [4.69, 9.17) is 14.2 Å². The highest BCUT2D eigenvalue weighted by molar-refractivity contribution is 6.07. The fourth-order valence-electron chi connectivity index (χ4n) is 3.31. The molecule has 0 bridgehead atoms. The van der Waals surface area contributed by atoms with Gasteiger partial charge in [0.2, 0.25) is 0 Å². The van der Waals surface area contributed by atoms with Gasteiger partial charge in [-0.1, -0.05) is 12.1 Å². The van der Waals surface area contributed by atoms with E-state index >= 15 is 0 Å². The summed E-state index contributed by atoms with van der Waals surface area (Å²) < 4.78 is 16.1. The standard InChI is InChI=1S/C22H23N3O4/c1-27-15-10-14(11-16(12-15)28-2)22(26)23-21-19(13-8-9-13)24-25-20(21)17-6-4-5-7-18(17)29-3/h4-7,10-13H,8-9H2,1-3H3,(H,23,26)(H,24,25). The molecule has 7 nitrogen and oxygen atoms in total. The number of aromatic amines is 1. The zero-order valence-electron chi connectivity index (χ0n) is 16.6. The molecule has 29 heavy (non-hydrogen) atoms. The number of hydrogen-bond donors (Lipinski definition) is 2. The van der Waals surface area contributed by atoms with Gasteiger partial charge < -0.3 is 19.5 Å². The van der Waals surface area contributed by atoms with E-state index < -0.39 is 0 Å². The van der Waals surface area contributed by atoms with Crippen molar-refractivity contribution in [3.05, 3.63) is 53.7 Å². The van der Waals surface area contributed by atoms with Crippen molar-refractivity contribution in [1.29, 1.82) is 0 Å². The maximum atomic E-state index is 13.1. The van der Waals surface area contributed by atoms with Crippen LogP contribution in [-0.2, 0) is 0 Å². The summed E-state index contributed by atoms with van der Waals surface area (Å²) in [6, 6.07) is 12.7. The number of nitrogens with zero attached hydrogens (tertiary/aromatic N) is 1. The van der Waals surface area contributed by atoms with Gasteiger partial charge in [0.1, 0.15) is 22.9 Å². The first kappa shape index (κ1) is 18.9. The van der Waals surface area contributed by atoms with Gasteiger partial charge >= 0.3 is 0 Å². The third-order valence-electron chi connectivity index (χ3n) is 4.99. The maximum absolute atomic E-state index is 13.1. The highest BCUT2D eigenvalue weighted by Gasteiger charge is 2.31. The highest BCUT2D eigenvalue weighted by Crippen LogP contribution is 2.46. The zero-order chi connectivity index (χ0) is 20.4. The first-order valence-corrected chi connectivity index (χ1v) is 9.40. The molecule has 1 fully saturated rings. The predicted octanol–water partition coefficient (Wildman–Crippen LogP) is 4.23. The van der Waals surface area contributed by atoms with Gasteiger partial charge in [0.15, 0.2) is 0 Å². The SMILES string of the molecule is COc1cc(OC)cc(C(=O)Nc2c(-c3ccccc3OC)n[nH]c2C2CC2)c1. The van der Waals surface area contributed by atoms with Crippen molar-refractivity contribution in [3.8, 4) is 28.5 Å². The van der Waals surface area contributed by atoms with Crippen LogP contribution in [0.25, 0.3) is 11.3 Å². The van der Waals surface area contributed by atoms with Crippen LogP contribution in [-0.4, -0.2) is 37.4 Å². The predicted molar refractivity (Wildman–Crippen MR) is 110 cm³/mol. The molecule has 0 spiro atoms. The van der Waals surface area contributed by atoms with Crippen LogP contribution >= 0.6 is 0 Å². The Kier molecular flexibility index (Phi) is 5.12. The Balaban J connectivity index is 1.73. The van der Waals surface area contributed by atoms with E-state index in [9.17, 15) is 4.79 Å². The molecule has 1 saturated carbocycles. The fraction of sp³-hybridized carbons (Fsp3) is 0.273. The van der Waals surface area contributed by atoms with Crippen LogP contribution in [0.5, 0.6) is 17.2 Å². The molecule has 1 amide bonds. The minimum Gasteiger partial charge on any atom is -0.497 e. The number of carbonyl (C=O) groups excluding carboxylic acids is 1. The average molecular weight is 393 g/mol. The fourth-order valence-corrected chi connectivity index (χ4v) is 3.31. The summed E-state index contributed by atoms with van der Waals surface area (Å²) in [5.41, 5.74) is 3.54. The number of methoxy groups -OCH3 is 3. The number of amides is 1. The van der Waals surface area contributed by atoms with Crippen molar-refractivity contribution in [1.82, 2.24) is 10.2 Å². The summed E-state index contributed by atoms with van der Waals surface area (Å²) in [6.07, 6.45) is 2.15. The number of hydrogen-bond acceptors (Lipinski definition) is 5. The zero-order valence-corrected chi connectivity index (χ0v) is 16.6. The first-order chi connectivity index (χ1) is 14.1. The van der Waals surface area contributed by atoms with Crippen LogP contribution in [0.1, 0.15) is 34.8 Å². The van der Waals surface area contributed by atoms with Gasteiger partial charge in [0.25, 0.3) is 5.91 Å². The second-order valence-electron chi connectivity index (χ2n) is 6.89. The van der Waals surface area contributed by atoms with Crippen LogP contribution in [0.3, 0.4) is 0 Å². The number of aromatic nitrogens is 2. The molecule has 1 aromatic heterocycles. The van der Waals surface area contributed by atoms with Gasteiger partial charge in [0.05, 0.1) is 32.7 Å². The highest BCUT2D eigenvalue weighted by atomic mass is 16.5. The van der Waals surface area contributed by atoms with Crippen LogP contribution in [0.15, 0.2) is 42.5 Å². The van der Waals surface area contributed by atoms with Crippen LogP contribution in [0.4, 0.5) is 5.69 Å². The van der Waals surface area contributed by atoms with Gasteiger partial charge in [-0.2, -0.15) is 5.10 Å². The quantitative estimate of drug-likeness (QED) is 0.627. The molecule has 1 heterocycles. The molecule has 0 aliphatic heterocycles. The van der Waals surface area contributed by atoms with Gasteiger partial charge in [-0.25, -0.2) is 0 Å². The summed E-state index contributed by atoms with van der Waals surface area (Å²) in [4.78, 5) is 13.1. The number of ether oxygens (including phenoxy) is 3. The summed E-state index contributed by atoms with van der Waals surface area (Å²) in [5, 5.41) is 10.7. The second kappa shape index (κ2) is 7.87. The molecule has 2 N–H and O–H groups in total. The number of carbonyl (C=O) groups is 1. The number of benzene rings is 2. The van der Waals surface area contributed by atoms with Crippen LogP contribution in [0.2, 0.25) is 0 Å². The molecular weight excluding hydrogens is 370 g/mol. The molecule has 1 aliphatic rings. The van der Waals surface area contributed by atoms with Crippen LogP contribution < -0.4 is 19.5 Å². The molecule has 0 unspecified atom stereocenters. The Labute approximate surface area is 169 Å². The lowest BCUT2D eigenvalue weighted by atomic mass is 10.1. The van der Waals surface area contributed by atoms with Crippen LogP contribution in [0, 0.1) is 0 Å². The van der Waals surface area contributed by atoms with Crippen molar-refractivity contribution in [2.75, 3.05) is 26.6 Å². The molecule has 0 atom stereocenters. The molecule has 4 rings (SSSR count). The summed E-state index contributed by atoms with van der Waals surface area (Å²) in [7, 11) is 4.73. The third kappa shape index (κ3) is 3.76. The first-order valence-electron chi connectivity index (χ1n) is 9.40. The monoisotopic (exact) mass is 393 g/mol. The molecule has 7 heteroatoms. The van der Waals surface area contributed by atoms with E-state index in [2.05, 4.69) is 15.5 Å². The summed E-state index contributed by atoms with van der Waals surface area (Å²) in [6.45, 7) is 0. The maximum Gasteiger partial charge on any atom is 0.256 e. The van der Waals surface area contributed by atoms with E-state index in [0.29, 0.717) is 40.1 Å².